The SMILES string of the molecule is Br.O=C(O)C[C@@H]1CCCN1. The van der Waals surface area contributed by atoms with Gasteiger partial charge in [0.25, 0.3) is 0 Å². The van der Waals surface area contributed by atoms with E-state index in [9.17, 15) is 4.79 Å². The second-order valence-electron chi connectivity index (χ2n) is 2.39. The van der Waals surface area contributed by atoms with Gasteiger partial charge in [0.15, 0.2) is 0 Å². The number of carboxylic acids is 1. The van der Waals surface area contributed by atoms with Gasteiger partial charge in [0.05, 0.1) is 6.42 Å². The van der Waals surface area contributed by atoms with Crippen LogP contribution < -0.4 is 5.32 Å². The molecule has 0 amide bonds. The van der Waals surface area contributed by atoms with Crippen molar-refractivity contribution in [1.29, 1.82) is 0 Å². The molecule has 4 heteroatoms. The number of carbonyl (C=O) groups is 1. The number of nitrogens with one attached hydrogen (secondary N) is 1. The van der Waals surface area contributed by atoms with E-state index in [2.05, 4.69) is 5.32 Å². The van der Waals surface area contributed by atoms with Crippen molar-refractivity contribution in [3.05, 3.63) is 0 Å². The fourth-order valence-corrected chi connectivity index (χ4v) is 1.14. The average Bonchev–Trinajstić information content (AvgIpc) is 2.15. The number of aliphatic carboxylic acids is 1. The third kappa shape index (κ3) is 3.17. The highest BCUT2D eigenvalue weighted by Gasteiger charge is 2.16. The molecule has 1 saturated heterocycles. The zero-order chi connectivity index (χ0) is 6.69. The number of hydrogen-bond acceptors (Lipinski definition) is 2. The van der Waals surface area contributed by atoms with Gasteiger partial charge in [-0.3, -0.25) is 4.79 Å². The fourth-order valence-electron chi connectivity index (χ4n) is 1.14. The highest BCUT2D eigenvalue weighted by Crippen LogP contribution is 2.07. The van der Waals surface area contributed by atoms with E-state index in [-0.39, 0.29) is 29.4 Å². The summed E-state index contributed by atoms with van der Waals surface area (Å²) in [5.41, 5.74) is 0. The normalized spacial score (nSPS) is 23.8. The summed E-state index contributed by atoms with van der Waals surface area (Å²) >= 11 is 0. The van der Waals surface area contributed by atoms with E-state index in [4.69, 9.17) is 5.11 Å². The molecule has 1 aliphatic rings. The molecule has 0 aromatic rings. The number of halogens is 1. The maximum atomic E-state index is 10.1. The van der Waals surface area contributed by atoms with E-state index in [1.54, 1.807) is 0 Å². The molecule has 3 nitrogen and oxygen atoms in total. The molecule has 1 fully saturated rings. The third-order valence-electron chi connectivity index (χ3n) is 1.58. The van der Waals surface area contributed by atoms with Gasteiger partial charge >= 0.3 is 5.97 Å². The lowest BCUT2D eigenvalue weighted by Crippen LogP contribution is -2.24. The topological polar surface area (TPSA) is 49.3 Å². The fraction of sp³-hybridized carbons (Fsp3) is 0.833. The smallest absolute Gasteiger partial charge is 0.304 e. The Labute approximate surface area is 70.6 Å². The zero-order valence-electron chi connectivity index (χ0n) is 5.67. The minimum atomic E-state index is -0.700. The Morgan fingerprint density at radius 1 is 1.70 bits per heavy atom. The number of carboxylic acid groups (broad SMARTS) is 1. The summed E-state index contributed by atoms with van der Waals surface area (Å²) in [5.74, 6) is -0.700. The molecule has 10 heavy (non-hydrogen) atoms. The van der Waals surface area contributed by atoms with Crippen LogP contribution in [0.25, 0.3) is 0 Å². The van der Waals surface area contributed by atoms with Crippen molar-refractivity contribution in [2.24, 2.45) is 0 Å². The minimum absolute atomic E-state index is 0. The predicted molar refractivity (Wildman–Crippen MR) is 43.6 cm³/mol. The van der Waals surface area contributed by atoms with Gasteiger partial charge < -0.3 is 10.4 Å². The van der Waals surface area contributed by atoms with Crippen molar-refractivity contribution < 1.29 is 9.90 Å². The largest absolute Gasteiger partial charge is 0.481 e. The average molecular weight is 210 g/mol. The van der Waals surface area contributed by atoms with Crippen molar-refractivity contribution in [2.75, 3.05) is 6.54 Å². The summed E-state index contributed by atoms with van der Waals surface area (Å²) in [4.78, 5) is 10.1. The monoisotopic (exact) mass is 209 g/mol. The lowest BCUT2D eigenvalue weighted by atomic mass is 10.2. The Hall–Kier alpha value is -0.0900. The van der Waals surface area contributed by atoms with Crippen molar-refractivity contribution in [1.82, 2.24) is 5.32 Å². The van der Waals surface area contributed by atoms with Crippen molar-refractivity contribution >= 4 is 23.0 Å². The highest BCUT2D eigenvalue weighted by molar-refractivity contribution is 8.93. The summed E-state index contributed by atoms with van der Waals surface area (Å²) in [5, 5.41) is 11.4. The van der Waals surface area contributed by atoms with E-state index in [1.807, 2.05) is 0 Å². The lowest BCUT2D eigenvalue weighted by molar-refractivity contribution is -0.137. The molecule has 0 aromatic heterocycles. The minimum Gasteiger partial charge on any atom is -0.481 e. The first-order valence-electron chi connectivity index (χ1n) is 3.24. The number of hydrogen-bond donors (Lipinski definition) is 2. The first-order valence-corrected chi connectivity index (χ1v) is 3.24. The first kappa shape index (κ1) is 9.91. The Morgan fingerprint density at radius 3 is 2.80 bits per heavy atom. The van der Waals surface area contributed by atoms with E-state index in [1.165, 1.54) is 0 Å². The summed E-state index contributed by atoms with van der Waals surface area (Å²) in [6.07, 6.45) is 2.42. The Bertz CT molecular complexity index is 112. The molecule has 1 heterocycles. The van der Waals surface area contributed by atoms with Crippen LogP contribution in [0.1, 0.15) is 19.3 Å². The lowest BCUT2D eigenvalue weighted by Gasteiger charge is -2.03. The zero-order valence-corrected chi connectivity index (χ0v) is 7.38. The molecule has 1 rings (SSSR count). The molecule has 1 atom stereocenters. The second-order valence-corrected chi connectivity index (χ2v) is 2.39. The van der Waals surface area contributed by atoms with Crippen molar-refractivity contribution in [2.45, 2.75) is 25.3 Å². The van der Waals surface area contributed by atoms with Gasteiger partial charge in [0.2, 0.25) is 0 Å². The van der Waals surface area contributed by atoms with Crippen LogP contribution in [-0.2, 0) is 4.79 Å². The summed E-state index contributed by atoms with van der Waals surface area (Å²) in [6, 6.07) is 0.238. The van der Waals surface area contributed by atoms with Gasteiger partial charge in [-0.15, -0.1) is 17.0 Å². The van der Waals surface area contributed by atoms with E-state index in [0.717, 1.165) is 19.4 Å². The van der Waals surface area contributed by atoms with E-state index in [0.29, 0.717) is 0 Å². The molecule has 0 spiro atoms. The molecule has 0 unspecified atom stereocenters. The van der Waals surface area contributed by atoms with Gasteiger partial charge in [-0.2, -0.15) is 0 Å². The summed E-state index contributed by atoms with van der Waals surface area (Å²) < 4.78 is 0. The number of rotatable bonds is 2. The standard InChI is InChI=1S/C6H11NO2.BrH/c8-6(9)4-5-2-1-3-7-5;/h5,7H,1-4H2,(H,8,9);1H/t5-;/m0./s1. The van der Waals surface area contributed by atoms with Gasteiger partial charge in [-0.25, -0.2) is 0 Å². The van der Waals surface area contributed by atoms with Gasteiger partial charge in [0, 0.05) is 6.04 Å². The molecule has 0 bridgehead atoms. The Balaban J connectivity index is 0.000000810. The van der Waals surface area contributed by atoms with Crippen LogP contribution in [0.15, 0.2) is 0 Å². The maximum absolute atomic E-state index is 10.1. The molecule has 0 radical (unpaired) electrons. The van der Waals surface area contributed by atoms with Crippen LogP contribution in [0.3, 0.4) is 0 Å². The summed E-state index contributed by atoms with van der Waals surface area (Å²) in [6.45, 7) is 0.984. The van der Waals surface area contributed by atoms with Gasteiger partial charge in [0.1, 0.15) is 0 Å². The van der Waals surface area contributed by atoms with E-state index >= 15 is 0 Å². The van der Waals surface area contributed by atoms with Crippen molar-refractivity contribution in [3.63, 3.8) is 0 Å². The van der Waals surface area contributed by atoms with Crippen LogP contribution in [0.5, 0.6) is 0 Å². The predicted octanol–water partition coefficient (Wildman–Crippen LogP) is 0.791. The van der Waals surface area contributed by atoms with Crippen LogP contribution in [0, 0.1) is 0 Å². The Kier molecular flexibility index (Phi) is 4.64. The van der Waals surface area contributed by atoms with E-state index < -0.39 is 5.97 Å². The van der Waals surface area contributed by atoms with Crippen LogP contribution in [0.4, 0.5) is 0 Å². The van der Waals surface area contributed by atoms with Gasteiger partial charge in [-0.1, -0.05) is 0 Å². The molecule has 60 valence electrons. The van der Waals surface area contributed by atoms with Crippen LogP contribution >= 0.6 is 17.0 Å². The highest BCUT2D eigenvalue weighted by atomic mass is 79.9. The maximum Gasteiger partial charge on any atom is 0.304 e. The summed E-state index contributed by atoms with van der Waals surface area (Å²) in [7, 11) is 0. The molecular weight excluding hydrogens is 198 g/mol. The third-order valence-corrected chi connectivity index (χ3v) is 1.58. The quantitative estimate of drug-likeness (QED) is 0.708. The molecular formula is C6H12BrNO2. The van der Waals surface area contributed by atoms with Crippen LogP contribution in [-0.4, -0.2) is 23.7 Å². The van der Waals surface area contributed by atoms with Crippen LogP contribution in [0.2, 0.25) is 0 Å². The van der Waals surface area contributed by atoms with Crippen molar-refractivity contribution in [3.8, 4) is 0 Å². The molecule has 0 aromatic carbocycles. The molecule has 1 aliphatic heterocycles. The molecule has 2 N–H and O–H groups in total. The first-order chi connectivity index (χ1) is 4.29. The van der Waals surface area contributed by atoms with Gasteiger partial charge in [-0.05, 0) is 19.4 Å². The second kappa shape index (κ2) is 4.68. The Morgan fingerprint density at radius 2 is 2.40 bits per heavy atom. The molecule has 0 aliphatic carbocycles. The molecule has 0 saturated carbocycles.